The number of rotatable bonds is 6. The lowest BCUT2D eigenvalue weighted by molar-refractivity contribution is -0.136. The first-order valence-corrected chi connectivity index (χ1v) is 10.6. The topological polar surface area (TPSA) is 71.0 Å². The highest BCUT2D eigenvalue weighted by Crippen LogP contribution is 2.44. The fraction of sp³-hybridized carbons (Fsp3) is 0.409. The van der Waals surface area contributed by atoms with Crippen molar-refractivity contribution in [3.05, 3.63) is 57.8 Å². The molecule has 3 rings (SSSR count). The second-order valence-corrected chi connectivity index (χ2v) is 8.19. The molecular formula is C22H27N3O3S. The number of aliphatic imine (C=N–C) groups is 1. The van der Waals surface area contributed by atoms with Gasteiger partial charge in [-0.1, -0.05) is 48.5 Å². The Morgan fingerprint density at radius 3 is 2.76 bits per heavy atom. The lowest BCUT2D eigenvalue weighted by atomic mass is 9.93. The molecule has 1 amide bonds. The average molecular weight is 414 g/mol. The number of esters is 1. The molecule has 0 fully saturated rings. The molecule has 1 N–H and O–H groups in total. The number of ether oxygens (including phenoxy) is 1. The van der Waals surface area contributed by atoms with Crippen LogP contribution in [0.1, 0.15) is 50.8 Å². The summed E-state index contributed by atoms with van der Waals surface area (Å²) in [4.78, 5) is 31.8. The van der Waals surface area contributed by atoms with Crippen molar-refractivity contribution >= 4 is 28.8 Å². The van der Waals surface area contributed by atoms with Gasteiger partial charge in [0.1, 0.15) is 0 Å². The Morgan fingerprint density at radius 2 is 2.10 bits per heavy atom. The maximum atomic E-state index is 12.7. The van der Waals surface area contributed by atoms with E-state index in [0.717, 1.165) is 28.4 Å². The fourth-order valence-corrected chi connectivity index (χ4v) is 4.45. The van der Waals surface area contributed by atoms with Crippen molar-refractivity contribution in [3.8, 4) is 0 Å². The molecule has 0 bridgehead atoms. The maximum Gasteiger partial charge on any atom is 0.338 e. The van der Waals surface area contributed by atoms with Gasteiger partial charge in [-0.15, -0.1) is 0 Å². The Morgan fingerprint density at radius 1 is 1.34 bits per heavy atom. The third-order valence-corrected chi connectivity index (χ3v) is 6.01. The molecule has 0 radical (unpaired) electrons. The summed E-state index contributed by atoms with van der Waals surface area (Å²) in [5.74, 6) is -0.446. The first-order valence-electron chi connectivity index (χ1n) is 9.74. The zero-order chi connectivity index (χ0) is 21.1. The molecule has 0 aliphatic carbocycles. The number of carbonyl (C=O) groups excluding carboxylic acids is 2. The summed E-state index contributed by atoms with van der Waals surface area (Å²) in [6.45, 7) is 7.87. The monoisotopic (exact) mass is 413 g/mol. The minimum Gasteiger partial charge on any atom is -0.466 e. The molecule has 0 spiro atoms. The largest absolute Gasteiger partial charge is 0.466 e. The van der Waals surface area contributed by atoms with Crippen LogP contribution in [0.15, 0.2) is 51.6 Å². The summed E-state index contributed by atoms with van der Waals surface area (Å²) in [6, 6.07) is 7.78. The number of thioether (sulfide) groups is 1. The maximum absolute atomic E-state index is 12.7. The minimum atomic E-state index is -0.405. The first-order chi connectivity index (χ1) is 13.8. The highest BCUT2D eigenvalue weighted by molar-refractivity contribution is 8.16. The third kappa shape index (κ3) is 4.40. The molecule has 29 heavy (non-hydrogen) atoms. The number of amidine groups is 1. The highest BCUT2D eigenvalue weighted by atomic mass is 32.2. The normalized spacial score (nSPS) is 19.3. The number of carbonyl (C=O) groups is 2. The average Bonchev–Trinajstić information content (AvgIpc) is 3.07. The number of amides is 1. The van der Waals surface area contributed by atoms with Gasteiger partial charge < -0.3 is 15.0 Å². The van der Waals surface area contributed by atoms with Crippen molar-refractivity contribution in [2.45, 2.75) is 52.6 Å². The van der Waals surface area contributed by atoms with E-state index in [0.29, 0.717) is 11.3 Å². The molecule has 0 aromatic heterocycles. The first kappa shape index (κ1) is 21.2. The van der Waals surface area contributed by atoms with Crippen LogP contribution >= 0.6 is 11.8 Å². The summed E-state index contributed by atoms with van der Waals surface area (Å²) in [7, 11) is 1.38. The van der Waals surface area contributed by atoms with Crippen LogP contribution in [0.5, 0.6) is 0 Å². The van der Waals surface area contributed by atoms with Crippen LogP contribution in [-0.4, -0.2) is 35.1 Å². The predicted molar refractivity (Wildman–Crippen MR) is 116 cm³/mol. The predicted octanol–water partition coefficient (Wildman–Crippen LogP) is 4.05. The van der Waals surface area contributed by atoms with E-state index < -0.39 is 5.97 Å². The van der Waals surface area contributed by atoms with Crippen molar-refractivity contribution in [1.82, 2.24) is 10.2 Å². The zero-order valence-corrected chi connectivity index (χ0v) is 18.3. The molecule has 1 aromatic rings. The highest BCUT2D eigenvalue weighted by Gasteiger charge is 2.40. The number of nitrogens with one attached hydrogen (secondary N) is 1. The molecular weight excluding hydrogens is 386 g/mol. The fourth-order valence-electron chi connectivity index (χ4n) is 3.49. The number of hydrogen-bond donors (Lipinski definition) is 1. The Bertz CT molecular complexity index is 920. The van der Waals surface area contributed by atoms with Crippen molar-refractivity contribution in [3.63, 3.8) is 0 Å². The number of nitrogens with zero attached hydrogens (tertiary/aromatic N) is 2. The Balaban J connectivity index is 2.00. The third-order valence-electron chi connectivity index (χ3n) is 5.13. The van der Waals surface area contributed by atoms with Crippen molar-refractivity contribution in [2.75, 3.05) is 7.11 Å². The Hall–Kier alpha value is -2.54. The van der Waals surface area contributed by atoms with E-state index in [2.05, 4.69) is 16.4 Å². The molecule has 154 valence electrons. The standard InChI is InChI=1S/C22H27N3O3S/c1-6-14(3)23-18(26)11-17-12-29-22-24-15(4)19(21(27)28-5)20(25(17)22)16-9-7-8-13(2)10-16/h7-10,12,14,20H,6,11H2,1-5H3,(H,23,26). The van der Waals surface area contributed by atoms with Crippen LogP contribution in [-0.2, 0) is 14.3 Å². The zero-order valence-electron chi connectivity index (χ0n) is 17.5. The summed E-state index contributed by atoms with van der Waals surface area (Å²) >= 11 is 1.48. The molecule has 0 saturated carbocycles. The summed E-state index contributed by atoms with van der Waals surface area (Å²) in [5, 5.41) is 5.73. The molecule has 2 aliphatic rings. The van der Waals surface area contributed by atoms with Gasteiger partial charge in [-0.25, -0.2) is 9.79 Å². The van der Waals surface area contributed by atoms with Crippen molar-refractivity contribution < 1.29 is 14.3 Å². The molecule has 0 saturated heterocycles. The minimum absolute atomic E-state index is 0.0404. The van der Waals surface area contributed by atoms with Gasteiger partial charge in [0, 0.05) is 11.7 Å². The van der Waals surface area contributed by atoms with Crippen LogP contribution < -0.4 is 5.32 Å². The van der Waals surface area contributed by atoms with E-state index in [-0.39, 0.29) is 24.4 Å². The van der Waals surface area contributed by atoms with Crippen LogP contribution in [0.3, 0.4) is 0 Å². The number of allylic oxidation sites excluding steroid dienone is 1. The lowest BCUT2D eigenvalue weighted by Gasteiger charge is -2.36. The van der Waals surface area contributed by atoms with E-state index in [9.17, 15) is 9.59 Å². The van der Waals surface area contributed by atoms with Gasteiger partial charge in [-0.3, -0.25) is 4.79 Å². The van der Waals surface area contributed by atoms with Crippen LogP contribution in [0.25, 0.3) is 0 Å². The Labute approximate surface area is 176 Å². The second-order valence-electron chi connectivity index (χ2n) is 7.35. The van der Waals surface area contributed by atoms with Crippen LogP contribution in [0.4, 0.5) is 0 Å². The van der Waals surface area contributed by atoms with Crippen molar-refractivity contribution in [1.29, 1.82) is 0 Å². The van der Waals surface area contributed by atoms with Crippen LogP contribution in [0.2, 0.25) is 0 Å². The van der Waals surface area contributed by atoms with E-state index in [1.165, 1.54) is 18.9 Å². The van der Waals surface area contributed by atoms with Gasteiger partial charge >= 0.3 is 5.97 Å². The molecule has 1 aromatic carbocycles. The quantitative estimate of drug-likeness (QED) is 0.713. The van der Waals surface area contributed by atoms with Crippen LogP contribution in [0, 0.1) is 6.92 Å². The number of fused-ring (bicyclic) bond motifs is 1. The number of aryl methyl sites for hydroxylation is 1. The van der Waals surface area contributed by atoms with Gasteiger partial charge in [0.15, 0.2) is 5.17 Å². The number of methoxy groups -OCH3 is 1. The second kappa shape index (κ2) is 8.86. The molecule has 2 aliphatic heterocycles. The van der Waals surface area contributed by atoms with E-state index in [4.69, 9.17) is 4.74 Å². The number of hydrogen-bond acceptors (Lipinski definition) is 6. The molecule has 7 heteroatoms. The van der Waals surface area contributed by atoms with Crippen molar-refractivity contribution in [2.24, 2.45) is 4.99 Å². The summed E-state index contributed by atoms with van der Waals surface area (Å²) in [6.07, 6.45) is 1.10. The molecule has 2 unspecified atom stereocenters. The summed E-state index contributed by atoms with van der Waals surface area (Å²) < 4.78 is 5.08. The van der Waals surface area contributed by atoms with E-state index in [1.54, 1.807) is 0 Å². The number of benzene rings is 1. The van der Waals surface area contributed by atoms with Gasteiger partial charge in [0.25, 0.3) is 0 Å². The van der Waals surface area contributed by atoms with Gasteiger partial charge in [0.2, 0.25) is 5.91 Å². The van der Waals surface area contributed by atoms with Gasteiger partial charge in [-0.05, 0) is 38.2 Å². The Kier molecular flexibility index (Phi) is 6.47. The summed E-state index contributed by atoms with van der Waals surface area (Å²) in [5.41, 5.74) is 4.03. The van der Waals surface area contributed by atoms with E-state index in [1.807, 2.05) is 56.2 Å². The lowest BCUT2D eigenvalue weighted by Crippen LogP contribution is -2.39. The SMILES string of the molecule is CCC(C)NC(=O)CC1=CSC2=NC(C)=C(C(=O)OC)C(c3cccc(C)c3)N12. The van der Waals surface area contributed by atoms with Gasteiger partial charge in [0.05, 0.1) is 30.8 Å². The smallest absolute Gasteiger partial charge is 0.338 e. The van der Waals surface area contributed by atoms with E-state index >= 15 is 0 Å². The van der Waals surface area contributed by atoms with Gasteiger partial charge in [-0.2, -0.15) is 0 Å². The molecule has 6 nitrogen and oxygen atoms in total. The molecule has 2 atom stereocenters. The molecule has 2 heterocycles.